The first-order valence-corrected chi connectivity index (χ1v) is 23.6. The zero-order valence-electron chi connectivity index (χ0n) is 40.2. The molecule has 0 spiro atoms. The fourth-order valence-corrected chi connectivity index (χ4v) is 9.81. The van der Waals surface area contributed by atoms with E-state index in [1.165, 1.54) is 60.1 Å². The predicted molar refractivity (Wildman–Crippen MR) is 286 cm³/mol. The Bertz CT molecular complexity index is 3170. The van der Waals surface area contributed by atoms with Crippen molar-refractivity contribution in [2.24, 2.45) is 0 Å². The Kier molecular flexibility index (Phi) is 10.6. The number of aryl methyl sites for hydroxylation is 2. The summed E-state index contributed by atoms with van der Waals surface area (Å²) in [4.78, 5) is 4.92. The summed E-state index contributed by atoms with van der Waals surface area (Å²) in [7, 11) is 0. The van der Waals surface area contributed by atoms with Gasteiger partial charge < -0.3 is 14.4 Å². The molecule has 0 radical (unpaired) electrons. The van der Waals surface area contributed by atoms with E-state index in [1.807, 2.05) is 0 Å². The minimum Gasteiger partial charge on any atom is -0.310 e. The number of hydrogen-bond acceptors (Lipinski definition) is 2. The fraction of sp³-hybridized carbons (Fsp3) is 0.206. The Morgan fingerprint density at radius 3 is 1.06 bits per heavy atom. The van der Waals surface area contributed by atoms with E-state index in [1.54, 1.807) is 0 Å². The van der Waals surface area contributed by atoms with Crippen molar-refractivity contribution >= 4 is 77.5 Å². The second-order valence-corrected chi connectivity index (χ2v) is 20.7. The number of nitrogens with zero attached hydrogens (tertiary/aromatic N) is 3. The summed E-state index contributed by atoms with van der Waals surface area (Å²) in [5, 5.41) is 7.36. The van der Waals surface area contributed by atoms with Crippen LogP contribution in [-0.2, 0) is 10.8 Å². The number of hydrogen-bond donors (Lipinski definition) is 0. The number of rotatable bonds is 8. The molecule has 0 N–H and O–H groups in total. The van der Waals surface area contributed by atoms with Gasteiger partial charge in [0.05, 0.1) is 22.4 Å². The SMILES string of the molecule is Cc1ccc(N(c2ccc(C(C)(C)C)cc2)c2cc3c(c4ccccc24)c2c4ccccc4c(N(c4ccc(C)cc4)c4ccc(C(C)(C)C)cc4)cc2n3-c2ccc(C(C)C)cc2)cc1. The minimum absolute atomic E-state index is 0.0391. The van der Waals surface area contributed by atoms with Crippen molar-refractivity contribution in [2.75, 3.05) is 9.80 Å². The van der Waals surface area contributed by atoms with E-state index in [-0.39, 0.29) is 10.8 Å². The van der Waals surface area contributed by atoms with Crippen molar-refractivity contribution in [3.05, 3.63) is 210 Å². The van der Waals surface area contributed by atoms with E-state index in [2.05, 4.69) is 266 Å². The molecule has 0 saturated carbocycles. The lowest BCUT2D eigenvalue weighted by Crippen LogP contribution is -2.13. The Morgan fingerprint density at radius 2 is 0.727 bits per heavy atom. The fourth-order valence-electron chi connectivity index (χ4n) is 9.81. The van der Waals surface area contributed by atoms with Crippen LogP contribution in [0, 0.1) is 13.8 Å². The maximum absolute atomic E-state index is 2.53. The van der Waals surface area contributed by atoms with E-state index in [9.17, 15) is 0 Å². The van der Waals surface area contributed by atoms with Gasteiger partial charge in [0.15, 0.2) is 0 Å². The molecule has 328 valence electrons. The quantitative estimate of drug-likeness (QED) is 0.151. The topological polar surface area (TPSA) is 11.4 Å². The highest BCUT2D eigenvalue weighted by atomic mass is 15.2. The molecule has 0 aliphatic heterocycles. The summed E-state index contributed by atoms with van der Waals surface area (Å²) < 4.78 is 2.53. The Labute approximate surface area is 391 Å². The summed E-state index contributed by atoms with van der Waals surface area (Å²) in [6.45, 7) is 22.6. The molecular weight excluding hydrogens is 799 g/mol. The van der Waals surface area contributed by atoms with Gasteiger partial charge in [-0.1, -0.05) is 176 Å². The van der Waals surface area contributed by atoms with Crippen LogP contribution in [0.15, 0.2) is 182 Å². The molecule has 10 aromatic rings. The lowest BCUT2D eigenvalue weighted by atomic mass is 9.87. The Morgan fingerprint density at radius 1 is 0.394 bits per heavy atom. The maximum Gasteiger partial charge on any atom is 0.0568 e. The van der Waals surface area contributed by atoms with Crippen LogP contribution in [0.4, 0.5) is 34.1 Å². The van der Waals surface area contributed by atoms with Gasteiger partial charge in [-0.05, 0) is 131 Å². The molecular formula is C63H61N3. The summed E-state index contributed by atoms with van der Waals surface area (Å²) in [6, 6.07) is 68.6. The van der Waals surface area contributed by atoms with Crippen LogP contribution in [0.3, 0.4) is 0 Å². The van der Waals surface area contributed by atoms with Crippen LogP contribution in [0.5, 0.6) is 0 Å². The van der Waals surface area contributed by atoms with Crippen LogP contribution in [0.2, 0.25) is 0 Å². The van der Waals surface area contributed by atoms with Gasteiger partial charge in [0.1, 0.15) is 0 Å². The highest BCUT2D eigenvalue weighted by Crippen LogP contribution is 2.50. The van der Waals surface area contributed by atoms with Gasteiger partial charge in [0.2, 0.25) is 0 Å². The lowest BCUT2D eigenvalue weighted by molar-refractivity contribution is 0.590. The normalized spacial score (nSPS) is 12.2. The molecule has 66 heavy (non-hydrogen) atoms. The smallest absolute Gasteiger partial charge is 0.0568 e. The molecule has 0 bridgehead atoms. The van der Waals surface area contributed by atoms with Crippen molar-refractivity contribution in [2.45, 2.75) is 86.0 Å². The van der Waals surface area contributed by atoms with E-state index in [4.69, 9.17) is 0 Å². The number of anilines is 6. The predicted octanol–water partition coefficient (Wildman–Crippen LogP) is 18.4. The van der Waals surface area contributed by atoms with Crippen LogP contribution in [-0.4, -0.2) is 4.57 Å². The van der Waals surface area contributed by atoms with Gasteiger partial charge >= 0.3 is 0 Å². The summed E-state index contributed by atoms with van der Waals surface area (Å²) in [6.07, 6.45) is 0. The molecule has 3 heteroatoms. The maximum atomic E-state index is 2.53. The van der Waals surface area contributed by atoms with E-state index in [0.29, 0.717) is 5.92 Å². The first-order chi connectivity index (χ1) is 31.7. The molecule has 0 fully saturated rings. The monoisotopic (exact) mass is 859 g/mol. The van der Waals surface area contributed by atoms with E-state index >= 15 is 0 Å². The zero-order chi connectivity index (χ0) is 46.1. The molecule has 0 aliphatic rings. The molecule has 0 unspecified atom stereocenters. The number of benzene rings is 9. The standard InChI is InChI=1S/C63H61N3/c1-41(2)44-23-33-51(34-24-44)66-58-39-56(64(47-29-19-42(3)20-30-47)49-35-25-45(26-36-49)62(5,6)7)52-15-11-13-17-54(52)60(58)61-55-18-14-12-16-53(55)57(40-59(61)66)65(48-31-21-43(4)22-32-48)50-37-27-46(28-38-50)63(8,9)10/h11-41H,1-10H3. The lowest BCUT2D eigenvalue weighted by Gasteiger charge is -2.28. The van der Waals surface area contributed by atoms with Crippen LogP contribution in [0.1, 0.15) is 89.1 Å². The Hall–Kier alpha value is -7.10. The second-order valence-electron chi connectivity index (χ2n) is 20.7. The third-order valence-electron chi connectivity index (χ3n) is 13.6. The first-order valence-electron chi connectivity index (χ1n) is 23.6. The molecule has 0 atom stereocenters. The van der Waals surface area contributed by atoms with Gasteiger partial charge in [0.25, 0.3) is 0 Å². The van der Waals surface area contributed by atoms with Crippen molar-refractivity contribution in [1.29, 1.82) is 0 Å². The van der Waals surface area contributed by atoms with Gasteiger partial charge in [-0.15, -0.1) is 0 Å². The number of fused-ring (bicyclic) bond motifs is 7. The van der Waals surface area contributed by atoms with Crippen LogP contribution in [0.25, 0.3) is 49.0 Å². The van der Waals surface area contributed by atoms with E-state index in [0.717, 1.165) is 50.8 Å². The summed E-state index contributed by atoms with van der Waals surface area (Å²) >= 11 is 0. The van der Waals surface area contributed by atoms with Gasteiger partial charge in [-0.25, -0.2) is 0 Å². The highest BCUT2D eigenvalue weighted by molar-refractivity contribution is 6.32. The second kappa shape index (κ2) is 16.4. The molecule has 1 heterocycles. The summed E-state index contributed by atoms with van der Waals surface area (Å²) in [5.74, 6) is 0.420. The van der Waals surface area contributed by atoms with Crippen molar-refractivity contribution in [3.63, 3.8) is 0 Å². The molecule has 3 nitrogen and oxygen atoms in total. The summed E-state index contributed by atoms with van der Waals surface area (Å²) in [5.41, 5.74) is 16.7. The first kappa shape index (κ1) is 42.8. The molecule has 1 aromatic heterocycles. The Balaban J connectivity index is 1.34. The zero-order valence-corrected chi connectivity index (χ0v) is 40.2. The van der Waals surface area contributed by atoms with Crippen LogP contribution < -0.4 is 9.80 Å². The molecule has 9 aromatic carbocycles. The van der Waals surface area contributed by atoms with Crippen molar-refractivity contribution < 1.29 is 0 Å². The molecule has 0 aliphatic carbocycles. The largest absolute Gasteiger partial charge is 0.310 e. The van der Waals surface area contributed by atoms with Crippen LogP contribution >= 0.6 is 0 Å². The third kappa shape index (κ3) is 7.61. The third-order valence-corrected chi connectivity index (χ3v) is 13.6. The molecule has 0 amide bonds. The highest BCUT2D eigenvalue weighted by Gasteiger charge is 2.27. The van der Waals surface area contributed by atoms with Gasteiger partial charge in [0, 0.05) is 50.0 Å². The average molecular weight is 860 g/mol. The van der Waals surface area contributed by atoms with Crippen molar-refractivity contribution in [3.8, 4) is 5.69 Å². The average Bonchev–Trinajstić information content (AvgIpc) is 3.64. The minimum atomic E-state index is 0.0391. The molecule has 0 saturated heterocycles. The van der Waals surface area contributed by atoms with E-state index < -0.39 is 0 Å². The molecule has 10 rings (SSSR count). The number of aromatic nitrogens is 1. The van der Waals surface area contributed by atoms with Gasteiger partial charge in [-0.2, -0.15) is 0 Å². The van der Waals surface area contributed by atoms with Gasteiger partial charge in [-0.3, -0.25) is 0 Å². The van der Waals surface area contributed by atoms with Crippen molar-refractivity contribution in [1.82, 2.24) is 4.57 Å².